The van der Waals surface area contributed by atoms with E-state index in [1.54, 1.807) is 0 Å². The van der Waals surface area contributed by atoms with Crippen molar-refractivity contribution in [3.8, 4) is 0 Å². The minimum absolute atomic E-state index is 0.0308. The molecule has 2 aromatic carbocycles. The standard InChI is InChI=1S/C34H44ClN7S/c1-25-19-26(2)23-42(22-25)31-21-30(41-17-15-40(16-18-41)29-11-4-3-5-12-29)37-32(38-31)39-33(43)36-24-34(13-6-7-14-34)27-9-8-10-28(35)20-27/h3-5,8-12,20-21,25-26H,6-7,13-19,22-24H2,1-2H3,(H2,36,37,38,39,43)/t25-,26-/m1/s1. The first-order chi connectivity index (χ1) is 20.9. The van der Waals surface area contributed by atoms with Crippen molar-refractivity contribution in [3.05, 3.63) is 71.2 Å². The van der Waals surface area contributed by atoms with E-state index in [1.165, 1.54) is 30.5 Å². The number of aromatic nitrogens is 2. The molecule has 3 heterocycles. The van der Waals surface area contributed by atoms with Crippen LogP contribution in [0.5, 0.6) is 0 Å². The van der Waals surface area contributed by atoms with Crippen molar-refractivity contribution < 1.29 is 0 Å². The van der Waals surface area contributed by atoms with Crippen LogP contribution < -0.4 is 25.3 Å². The van der Waals surface area contributed by atoms with Crippen LogP contribution in [-0.2, 0) is 5.41 Å². The van der Waals surface area contributed by atoms with Crippen LogP contribution >= 0.6 is 23.8 Å². The Bertz CT molecular complexity index is 1380. The Morgan fingerprint density at radius 1 is 0.860 bits per heavy atom. The Labute approximate surface area is 267 Å². The third-order valence-corrected chi connectivity index (χ3v) is 9.91. The molecule has 7 nitrogen and oxygen atoms in total. The van der Waals surface area contributed by atoms with E-state index in [-0.39, 0.29) is 5.41 Å². The molecule has 0 spiro atoms. The van der Waals surface area contributed by atoms with E-state index in [2.05, 4.69) is 93.8 Å². The van der Waals surface area contributed by atoms with E-state index in [9.17, 15) is 0 Å². The first-order valence-electron chi connectivity index (χ1n) is 15.9. The molecule has 0 bridgehead atoms. The Morgan fingerprint density at radius 2 is 1.51 bits per heavy atom. The van der Waals surface area contributed by atoms with Gasteiger partial charge < -0.3 is 25.3 Å². The number of nitrogens with one attached hydrogen (secondary N) is 2. The zero-order valence-electron chi connectivity index (χ0n) is 25.4. The zero-order valence-corrected chi connectivity index (χ0v) is 27.0. The average Bonchev–Trinajstić information content (AvgIpc) is 3.50. The summed E-state index contributed by atoms with van der Waals surface area (Å²) in [4.78, 5) is 17.3. The summed E-state index contributed by atoms with van der Waals surface area (Å²) >= 11 is 12.2. The van der Waals surface area contributed by atoms with Gasteiger partial charge in [-0.05, 0) is 73.1 Å². The van der Waals surface area contributed by atoms with Gasteiger partial charge in [0.15, 0.2) is 5.11 Å². The van der Waals surface area contributed by atoms with Gasteiger partial charge in [0.1, 0.15) is 11.6 Å². The Balaban J connectivity index is 1.19. The van der Waals surface area contributed by atoms with Crippen molar-refractivity contribution in [1.29, 1.82) is 0 Å². The number of piperidine rings is 1. The third kappa shape index (κ3) is 7.18. The lowest BCUT2D eigenvalue weighted by Gasteiger charge is -2.38. The molecule has 2 saturated heterocycles. The van der Waals surface area contributed by atoms with Crippen molar-refractivity contribution in [2.45, 2.75) is 51.4 Å². The predicted molar refractivity (Wildman–Crippen MR) is 184 cm³/mol. The summed E-state index contributed by atoms with van der Waals surface area (Å²) in [6.07, 6.45) is 5.93. The SMILES string of the molecule is C[C@@H]1C[C@@H](C)CN(c2cc(N3CCN(c4ccccc4)CC3)nc(NC(=S)NCC3(c4cccc(Cl)c4)CCCC3)n2)C1. The number of hydrogen-bond donors (Lipinski definition) is 2. The highest BCUT2D eigenvalue weighted by Crippen LogP contribution is 2.41. The highest BCUT2D eigenvalue weighted by Gasteiger charge is 2.36. The number of para-hydroxylation sites is 1. The zero-order chi connectivity index (χ0) is 29.8. The quantitative estimate of drug-likeness (QED) is 0.283. The van der Waals surface area contributed by atoms with Crippen LogP contribution in [0.2, 0.25) is 5.02 Å². The van der Waals surface area contributed by atoms with Gasteiger partial charge in [-0.15, -0.1) is 0 Å². The van der Waals surface area contributed by atoms with E-state index in [0.29, 0.717) is 22.9 Å². The van der Waals surface area contributed by atoms with E-state index in [0.717, 1.165) is 75.3 Å². The maximum absolute atomic E-state index is 6.38. The number of rotatable bonds is 7. The van der Waals surface area contributed by atoms with Crippen molar-refractivity contribution >= 4 is 52.2 Å². The van der Waals surface area contributed by atoms with Crippen molar-refractivity contribution in [2.24, 2.45) is 11.8 Å². The molecule has 1 saturated carbocycles. The predicted octanol–water partition coefficient (Wildman–Crippen LogP) is 6.74. The van der Waals surface area contributed by atoms with Gasteiger partial charge in [-0.3, -0.25) is 0 Å². The molecule has 3 aliphatic rings. The monoisotopic (exact) mass is 617 g/mol. The summed E-state index contributed by atoms with van der Waals surface area (Å²) < 4.78 is 0. The van der Waals surface area contributed by atoms with Gasteiger partial charge in [-0.25, -0.2) is 0 Å². The fourth-order valence-corrected chi connectivity index (χ4v) is 7.67. The summed E-state index contributed by atoms with van der Waals surface area (Å²) in [5.74, 6) is 3.75. The molecule has 0 unspecified atom stereocenters. The van der Waals surface area contributed by atoms with E-state index < -0.39 is 0 Å². The van der Waals surface area contributed by atoms with Crippen LogP contribution in [0, 0.1) is 11.8 Å². The molecule has 2 aliphatic heterocycles. The van der Waals surface area contributed by atoms with Crippen molar-refractivity contribution in [1.82, 2.24) is 15.3 Å². The molecule has 228 valence electrons. The highest BCUT2D eigenvalue weighted by atomic mass is 35.5. The van der Waals surface area contributed by atoms with Gasteiger partial charge in [-0.1, -0.05) is 68.6 Å². The summed E-state index contributed by atoms with van der Waals surface area (Å²) in [5.41, 5.74) is 2.60. The Hall–Kier alpha value is -3.10. The molecule has 3 aromatic rings. The first-order valence-corrected chi connectivity index (χ1v) is 16.7. The molecule has 6 rings (SSSR count). The van der Waals surface area contributed by atoms with Gasteiger partial charge in [-0.2, -0.15) is 9.97 Å². The Kier molecular flexibility index (Phi) is 9.24. The lowest BCUT2D eigenvalue weighted by atomic mass is 9.79. The van der Waals surface area contributed by atoms with Gasteiger partial charge >= 0.3 is 0 Å². The Morgan fingerprint density at radius 3 is 2.19 bits per heavy atom. The first kappa shape index (κ1) is 29.9. The van der Waals surface area contributed by atoms with Crippen molar-refractivity contribution in [3.63, 3.8) is 0 Å². The second-order valence-electron chi connectivity index (χ2n) is 12.9. The number of benzene rings is 2. The molecule has 1 aliphatic carbocycles. The highest BCUT2D eigenvalue weighted by molar-refractivity contribution is 7.80. The van der Waals surface area contributed by atoms with Gasteiger partial charge in [0.2, 0.25) is 5.95 Å². The molecule has 2 atom stereocenters. The maximum Gasteiger partial charge on any atom is 0.232 e. The lowest BCUT2D eigenvalue weighted by Crippen LogP contribution is -2.47. The van der Waals surface area contributed by atoms with Crippen molar-refractivity contribution in [2.75, 3.05) is 65.8 Å². The largest absolute Gasteiger partial charge is 0.368 e. The number of thiocarbonyl (C=S) groups is 1. The fourth-order valence-electron chi connectivity index (χ4n) is 7.32. The minimum Gasteiger partial charge on any atom is -0.368 e. The number of nitrogens with zero attached hydrogens (tertiary/aromatic N) is 5. The van der Waals surface area contributed by atoms with Crippen LogP contribution in [0.3, 0.4) is 0 Å². The van der Waals surface area contributed by atoms with Gasteiger partial charge in [0, 0.05) is 68.0 Å². The van der Waals surface area contributed by atoms with E-state index >= 15 is 0 Å². The van der Waals surface area contributed by atoms with Crippen LogP contribution in [-0.4, -0.2) is 60.9 Å². The number of halogens is 1. The second kappa shape index (κ2) is 13.3. The fraction of sp³-hybridized carbons (Fsp3) is 0.500. The van der Waals surface area contributed by atoms with Crippen LogP contribution in [0.15, 0.2) is 60.7 Å². The molecule has 2 N–H and O–H groups in total. The third-order valence-electron chi connectivity index (χ3n) is 9.43. The molecule has 1 aromatic heterocycles. The number of piperazine rings is 1. The molecule has 0 amide bonds. The normalized spacial score (nSPS) is 22.0. The van der Waals surface area contributed by atoms with E-state index in [1.807, 2.05) is 6.07 Å². The van der Waals surface area contributed by atoms with Gasteiger partial charge in [0.25, 0.3) is 0 Å². The molecule has 43 heavy (non-hydrogen) atoms. The van der Waals surface area contributed by atoms with Crippen LogP contribution in [0.4, 0.5) is 23.3 Å². The summed E-state index contributed by atoms with van der Waals surface area (Å²) in [5, 5.41) is 8.25. The molecular formula is C34H44ClN7S. The van der Waals surface area contributed by atoms with Crippen LogP contribution in [0.1, 0.15) is 51.5 Å². The number of hydrogen-bond acceptors (Lipinski definition) is 6. The maximum atomic E-state index is 6.38. The average molecular weight is 618 g/mol. The molecule has 9 heteroatoms. The van der Waals surface area contributed by atoms with Crippen LogP contribution in [0.25, 0.3) is 0 Å². The summed E-state index contributed by atoms with van der Waals surface area (Å²) in [6.45, 7) is 11.2. The lowest BCUT2D eigenvalue weighted by molar-refractivity contribution is 0.355. The summed E-state index contributed by atoms with van der Waals surface area (Å²) in [7, 11) is 0. The second-order valence-corrected chi connectivity index (χ2v) is 13.7. The van der Waals surface area contributed by atoms with E-state index in [4.69, 9.17) is 33.8 Å². The smallest absolute Gasteiger partial charge is 0.232 e. The molecule has 0 radical (unpaired) electrons. The molecular weight excluding hydrogens is 574 g/mol. The number of anilines is 4. The van der Waals surface area contributed by atoms with Gasteiger partial charge in [0.05, 0.1) is 0 Å². The minimum atomic E-state index is 0.0308. The molecule has 3 fully saturated rings. The topological polar surface area (TPSA) is 59.6 Å². The summed E-state index contributed by atoms with van der Waals surface area (Å²) in [6, 6.07) is 21.2.